The van der Waals surface area contributed by atoms with Crippen molar-refractivity contribution in [2.75, 3.05) is 37.6 Å². The van der Waals surface area contributed by atoms with Crippen molar-refractivity contribution >= 4 is 23.1 Å². The molecule has 7 heteroatoms. The maximum Gasteiger partial charge on any atom is 0.339 e. The van der Waals surface area contributed by atoms with E-state index in [1.165, 1.54) is 18.6 Å². The summed E-state index contributed by atoms with van der Waals surface area (Å²) >= 11 is 0. The number of carbonyl (C=O) groups is 2. The second-order valence-electron chi connectivity index (χ2n) is 7.88. The van der Waals surface area contributed by atoms with Crippen molar-refractivity contribution in [1.29, 1.82) is 0 Å². The number of piperazine rings is 1. The minimum atomic E-state index is -0.535. The molecule has 4 rings (SSSR count). The van der Waals surface area contributed by atoms with Crippen LogP contribution in [0.2, 0.25) is 0 Å². The van der Waals surface area contributed by atoms with Crippen LogP contribution in [0.15, 0.2) is 54.6 Å². The standard InChI is InChI=1S/C24H26FN3O3/c1-17(29)26-15-20-14-21(24(30)31-20)19-7-8-23(22(25)13-19)28-11-9-27(10-12-28)16-18-5-3-2-4-6-18/h2-8,13-14,20H,9-12,15-16H2,1H3,(H,26,29)/t20-/m1/s1. The van der Waals surface area contributed by atoms with E-state index in [1.54, 1.807) is 18.2 Å². The Balaban J connectivity index is 1.38. The highest BCUT2D eigenvalue weighted by Crippen LogP contribution is 2.29. The zero-order chi connectivity index (χ0) is 21.8. The largest absolute Gasteiger partial charge is 0.453 e. The fraction of sp³-hybridized carbons (Fsp3) is 0.333. The van der Waals surface area contributed by atoms with Crippen LogP contribution in [0, 0.1) is 5.82 Å². The molecule has 1 atom stereocenters. The number of hydrogen-bond acceptors (Lipinski definition) is 5. The van der Waals surface area contributed by atoms with E-state index in [-0.39, 0.29) is 18.3 Å². The van der Waals surface area contributed by atoms with Crippen LogP contribution in [-0.2, 0) is 20.9 Å². The molecule has 6 nitrogen and oxygen atoms in total. The van der Waals surface area contributed by atoms with Crippen molar-refractivity contribution in [2.24, 2.45) is 0 Å². The van der Waals surface area contributed by atoms with Crippen LogP contribution < -0.4 is 10.2 Å². The van der Waals surface area contributed by atoms with Crippen molar-refractivity contribution in [3.05, 3.63) is 71.6 Å². The maximum absolute atomic E-state index is 14.9. The number of halogens is 1. The summed E-state index contributed by atoms with van der Waals surface area (Å²) in [5.74, 6) is -1.05. The Morgan fingerprint density at radius 2 is 1.87 bits per heavy atom. The normalized spacial score (nSPS) is 19.2. The van der Waals surface area contributed by atoms with Gasteiger partial charge in [0.1, 0.15) is 11.9 Å². The Kier molecular flexibility index (Phi) is 6.32. The van der Waals surface area contributed by atoms with Crippen molar-refractivity contribution in [1.82, 2.24) is 10.2 Å². The molecule has 1 fully saturated rings. The summed E-state index contributed by atoms with van der Waals surface area (Å²) in [4.78, 5) is 27.6. The number of carbonyl (C=O) groups excluding carboxylic acids is 2. The Morgan fingerprint density at radius 1 is 1.13 bits per heavy atom. The molecule has 0 aromatic heterocycles. The molecule has 2 aliphatic heterocycles. The fourth-order valence-corrected chi connectivity index (χ4v) is 3.97. The quantitative estimate of drug-likeness (QED) is 0.724. The van der Waals surface area contributed by atoms with E-state index in [0.29, 0.717) is 16.8 Å². The van der Waals surface area contributed by atoms with Gasteiger partial charge in [-0.2, -0.15) is 0 Å². The minimum Gasteiger partial charge on any atom is -0.453 e. The summed E-state index contributed by atoms with van der Waals surface area (Å²) in [6.07, 6.45) is 1.10. The minimum absolute atomic E-state index is 0.197. The van der Waals surface area contributed by atoms with E-state index >= 15 is 0 Å². The van der Waals surface area contributed by atoms with E-state index in [4.69, 9.17) is 4.74 Å². The number of esters is 1. The van der Waals surface area contributed by atoms with Crippen molar-refractivity contribution in [3.63, 3.8) is 0 Å². The smallest absolute Gasteiger partial charge is 0.339 e. The van der Waals surface area contributed by atoms with Gasteiger partial charge in [-0.15, -0.1) is 0 Å². The first-order valence-corrected chi connectivity index (χ1v) is 10.5. The molecule has 0 unspecified atom stereocenters. The topological polar surface area (TPSA) is 61.9 Å². The van der Waals surface area contributed by atoms with E-state index in [0.717, 1.165) is 32.7 Å². The number of rotatable bonds is 6. The zero-order valence-electron chi connectivity index (χ0n) is 17.5. The number of nitrogens with zero attached hydrogens (tertiary/aromatic N) is 2. The van der Waals surface area contributed by atoms with Crippen LogP contribution in [0.3, 0.4) is 0 Å². The van der Waals surface area contributed by atoms with Crippen LogP contribution in [0.5, 0.6) is 0 Å². The van der Waals surface area contributed by atoms with Crippen LogP contribution in [0.1, 0.15) is 18.1 Å². The van der Waals surface area contributed by atoms with Crippen LogP contribution in [-0.4, -0.2) is 55.6 Å². The van der Waals surface area contributed by atoms with Gasteiger partial charge in [0.15, 0.2) is 0 Å². The SMILES string of the molecule is CC(=O)NC[C@H]1C=C(c2ccc(N3CCN(Cc4ccccc4)CC3)c(F)c2)C(=O)O1. The number of amides is 1. The zero-order valence-corrected chi connectivity index (χ0v) is 17.5. The molecule has 162 valence electrons. The summed E-state index contributed by atoms with van der Waals surface area (Å²) in [6, 6.07) is 15.2. The molecule has 31 heavy (non-hydrogen) atoms. The third kappa shape index (κ3) is 5.11. The Hall–Kier alpha value is -3.19. The van der Waals surface area contributed by atoms with Gasteiger partial charge in [-0.3, -0.25) is 9.69 Å². The Morgan fingerprint density at radius 3 is 2.55 bits per heavy atom. The third-order valence-corrected chi connectivity index (χ3v) is 5.60. The Labute approximate surface area is 181 Å². The molecule has 0 bridgehead atoms. The number of anilines is 1. The molecule has 0 aliphatic carbocycles. The lowest BCUT2D eigenvalue weighted by atomic mass is 10.0. The molecule has 0 radical (unpaired) electrons. The third-order valence-electron chi connectivity index (χ3n) is 5.60. The molecule has 0 saturated carbocycles. The highest BCUT2D eigenvalue weighted by molar-refractivity contribution is 6.18. The first-order chi connectivity index (χ1) is 15.0. The number of cyclic esters (lactones) is 1. The molecule has 1 N–H and O–H groups in total. The molecule has 1 amide bonds. The first kappa shape index (κ1) is 21.1. The van der Waals surface area contributed by atoms with Crippen LogP contribution in [0.4, 0.5) is 10.1 Å². The second-order valence-corrected chi connectivity index (χ2v) is 7.88. The van der Waals surface area contributed by atoms with Gasteiger partial charge in [0.05, 0.1) is 17.8 Å². The number of nitrogens with one attached hydrogen (secondary N) is 1. The van der Waals surface area contributed by atoms with E-state index in [1.807, 2.05) is 23.1 Å². The fourth-order valence-electron chi connectivity index (χ4n) is 3.97. The molecule has 2 aliphatic rings. The molecule has 2 aromatic carbocycles. The van der Waals surface area contributed by atoms with E-state index < -0.39 is 12.1 Å². The summed E-state index contributed by atoms with van der Waals surface area (Å²) < 4.78 is 20.2. The van der Waals surface area contributed by atoms with Gasteiger partial charge in [0, 0.05) is 39.6 Å². The lowest BCUT2D eigenvalue weighted by Gasteiger charge is -2.36. The van der Waals surface area contributed by atoms with Gasteiger partial charge in [-0.1, -0.05) is 36.4 Å². The first-order valence-electron chi connectivity index (χ1n) is 10.5. The van der Waals surface area contributed by atoms with Gasteiger partial charge in [-0.05, 0) is 29.3 Å². The number of hydrogen-bond donors (Lipinski definition) is 1. The van der Waals surface area contributed by atoms with Crippen molar-refractivity contribution < 1.29 is 18.7 Å². The van der Waals surface area contributed by atoms with E-state index in [9.17, 15) is 14.0 Å². The summed E-state index contributed by atoms with van der Waals surface area (Å²) in [5.41, 5.74) is 2.64. The average Bonchev–Trinajstić information content (AvgIpc) is 3.14. The molecule has 0 spiro atoms. The lowest BCUT2D eigenvalue weighted by molar-refractivity contribution is -0.138. The van der Waals surface area contributed by atoms with Gasteiger partial charge < -0.3 is 15.0 Å². The molecule has 2 aromatic rings. The van der Waals surface area contributed by atoms with Crippen LogP contribution in [0.25, 0.3) is 5.57 Å². The number of ether oxygens (including phenoxy) is 1. The second kappa shape index (κ2) is 9.31. The highest BCUT2D eigenvalue weighted by Gasteiger charge is 2.28. The molecular formula is C24H26FN3O3. The molecular weight excluding hydrogens is 397 g/mol. The van der Waals surface area contributed by atoms with Crippen molar-refractivity contribution in [2.45, 2.75) is 19.6 Å². The predicted molar refractivity (Wildman–Crippen MR) is 117 cm³/mol. The summed E-state index contributed by atoms with van der Waals surface area (Å²) in [6.45, 7) is 5.71. The van der Waals surface area contributed by atoms with Crippen LogP contribution >= 0.6 is 0 Å². The predicted octanol–water partition coefficient (Wildman–Crippen LogP) is 2.59. The summed E-state index contributed by atoms with van der Waals surface area (Å²) in [7, 11) is 0. The maximum atomic E-state index is 14.9. The molecule has 2 heterocycles. The highest BCUT2D eigenvalue weighted by atomic mass is 19.1. The summed E-state index contributed by atoms with van der Waals surface area (Å²) in [5, 5.41) is 2.62. The van der Waals surface area contributed by atoms with Gasteiger partial charge in [0.25, 0.3) is 0 Å². The van der Waals surface area contributed by atoms with Crippen molar-refractivity contribution in [3.8, 4) is 0 Å². The molecule has 1 saturated heterocycles. The average molecular weight is 423 g/mol. The van der Waals surface area contributed by atoms with Gasteiger partial charge in [-0.25, -0.2) is 9.18 Å². The van der Waals surface area contributed by atoms with Gasteiger partial charge >= 0.3 is 5.97 Å². The Bertz CT molecular complexity index is 985. The van der Waals surface area contributed by atoms with E-state index in [2.05, 4.69) is 22.3 Å². The number of benzene rings is 2. The lowest BCUT2D eigenvalue weighted by Crippen LogP contribution is -2.46. The monoisotopic (exact) mass is 423 g/mol. The van der Waals surface area contributed by atoms with Gasteiger partial charge in [0.2, 0.25) is 5.91 Å².